The minimum absolute atomic E-state index is 0.0464. The lowest BCUT2D eigenvalue weighted by Gasteiger charge is -2.30. The van der Waals surface area contributed by atoms with Gasteiger partial charge in [0, 0.05) is 55.6 Å². The maximum atomic E-state index is 14.8. The van der Waals surface area contributed by atoms with Crippen LogP contribution in [0.1, 0.15) is 67.0 Å². The van der Waals surface area contributed by atoms with Crippen LogP contribution in [0.25, 0.3) is 33.5 Å². The smallest absolute Gasteiger partial charge is 0.416 e. The summed E-state index contributed by atoms with van der Waals surface area (Å²) in [5.74, 6) is -3.40. The first-order valence-corrected chi connectivity index (χ1v) is 22.9. The fourth-order valence-corrected chi connectivity index (χ4v) is 10.4. The monoisotopic (exact) mass is 906 g/mol. The Hall–Kier alpha value is -5.69. The molecular weight excluding hydrogens is 862 g/mol. The number of fused-ring (bicyclic) bond motifs is 3. The molecule has 2 saturated carbocycles. The van der Waals surface area contributed by atoms with Crippen molar-refractivity contribution in [1.29, 1.82) is 0 Å². The second kappa shape index (κ2) is 16.5. The highest BCUT2D eigenvalue weighted by Gasteiger charge is 2.61. The number of ether oxygens (including phenoxy) is 1. The molecule has 5 atom stereocenters. The van der Waals surface area contributed by atoms with Gasteiger partial charge in [0.25, 0.3) is 11.8 Å². The van der Waals surface area contributed by atoms with E-state index in [1.807, 2.05) is 13.8 Å². The molecule has 1 aliphatic heterocycles. The van der Waals surface area contributed by atoms with Crippen LogP contribution in [0, 0.1) is 23.2 Å². The van der Waals surface area contributed by atoms with Crippen LogP contribution in [-0.2, 0) is 37.0 Å². The summed E-state index contributed by atoms with van der Waals surface area (Å²) in [6.45, 7) is 7.44. The van der Waals surface area contributed by atoms with Crippen molar-refractivity contribution in [3.8, 4) is 17.3 Å². The second-order valence-electron chi connectivity index (χ2n) is 17.1. The molecule has 2 aromatic carbocycles. The Morgan fingerprint density at radius 2 is 1.79 bits per heavy atom. The lowest BCUT2D eigenvalue weighted by molar-refractivity contribution is -0.143. The van der Waals surface area contributed by atoms with E-state index in [4.69, 9.17) is 9.15 Å². The maximum absolute atomic E-state index is 14.8. The molecule has 3 amide bonds. The van der Waals surface area contributed by atoms with Crippen molar-refractivity contribution < 1.29 is 49.9 Å². The zero-order chi connectivity index (χ0) is 45.2. The highest BCUT2D eigenvalue weighted by Crippen LogP contribution is 2.57. The third-order valence-electron chi connectivity index (χ3n) is 12.1. The average molecular weight is 907 g/mol. The molecular formula is C44H45F3N6O8S2. The summed E-state index contributed by atoms with van der Waals surface area (Å²) in [6.07, 6.45) is -3.12. The van der Waals surface area contributed by atoms with Crippen LogP contribution in [0.15, 0.2) is 71.0 Å². The molecule has 1 N–H and O–H groups in total. The third kappa shape index (κ3) is 8.68. The quantitative estimate of drug-likeness (QED) is 0.109. The van der Waals surface area contributed by atoms with Gasteiger partial charge >= 0.3 is 6.18 Å². The number of ketones is 1. The summed E-state index contributed by atoms with van der Waals surface area (Å²) in [5, 5.41) is 2.10. The summed E-state index contributed by atoms with van der Waals surface area (Å²) in [4.78, 5) is 72.5. The van der Waals surface area contributed by atoms with E-state index in [1.54, 1.807) is 43.7 Å². The Morgan fingerprint density at radius 3 is 2.43 bits per heavy atom. The highest BCUT2D eigenvalue weighted by molar-refractivity contribution is 7.90. The maximum Gasteiger partial charge on any atom is 0.416 e. The number of alkyl halides is 3. The van der Waals surface area contributed by atoms with Gasteiger partial charge in [-0.1, -0.05) is 44.2 Å². The van der Waals surface area contributed by atoms with Crippen molar-refractivity contribution in [3.63, 3.8) is 0 Å². The van der Waals surface area contributed by atoms with Crippen LogP contribution in [-0.4, -0.2) is 94.7 Å². The summed E-state index contributed by atoms with van der Waals surface area (Å²) in [7, 11) is -0.710. The first kappa shape index (κ1) is 43.9. The number of aromatic nitrogens is 3. The molecule has 5 aromatic rings. The van der Waals surface area contributed by atoms with E-state index < -0.39 is 74.0 Å². The number of nitrogens with zero attached hydrogens (tertiary/aromatic N) is 5. The normalized spacial score (nSPS) is 21.7. The first-order valence-electron chi connectivity index (χ1n) is 20.5. The van der Waals surface area contributed by atoms with Gasteiger partial charge < -0.3 is 19.0 Å². The molecule has 63 heavy (non-hydrogen) atoms. The summed E-state index contributed by atoms with van der Waals surface area (Å²) >= 11 is 1.24. The molecule has 0 bridgehead atoms. The summed E-state index contributed by atoms with van der Waals surface area (Å²) < 4.78 is 81.1. The number of para-hydroxylation sites is 1. The van der Waals surface area contributed by atoms with E-state index in [1.165, 1.54) is 39.3 Å². The van der Waals surface area contributed by atoms with Gasteiger partial charge in [0.1, 0.15) is 22.9 Å². The fourth-order valence-electron chi connectivity index (χ4n) is 8.22. The van der Waals surface area contributed by atoms with E-state index in [9.17, 15) is 40.8 Å². The van der Waals surface area contributed by atoms with E-state index in [0.29, 0.717) is 34.3 Å². The number of sulfonamides is 1. The van der Waals surface area contributed by atoms with E-state index in [0.717, 1.165) is 12.1 Å². The molecule has 1 saturated heterocycles. The van der Waals surface area contributed by atoms with Gasteiger partial charge in [-0.05, 0) is 55.4 Å². The number of furan rings is 1. The van der Waals surface area contributed by atoms with E-state index in [2.05, 4.69) is 26.3 Å². The van der Waals surface area contributed by atoms with E-state index >= 15 is 0 Å². The number of likely N-dealkylation sites (tertiary alicyclic amines) is 1. The van der Waals surface area contributed by atoms with Crippen molar-refractivity contribution in [2.75, 3.05) is 20.6 Å². The molecule has 3 aliphatic rings. The Kier molecular flexibility index (Phi) is 11.5. The van der Waals surface area contributed by atoms with Crippen molar-refractivity contribution in [2.24, 2.45) is 23.2 Å². The number of benzene rings is 2. The molecule has 2 aliphatic carbocycles. The Labute approximate surface area is 365 Å². The van der Waals surface area contributed by atoms with Gasteiger partial charge in [0.05, 0.1) is 33.8 Å². The van der Waals surface area contributed by atoms with Crippen LogP contribution in [0.2, 0.25) is 0 Å². The largest absolute Gasteiger partial charge is 0.470 e. The SMILES string of the molecule is C=C[C@@H]1C[C@]1(CC(=O)[C@@H]1C[C@@H](Oc2nc(-c3ccc(C(F)(F)F)cc3)nc3c2oc2ccccc23)CN1C(=O)[C@@H](Cc1nc(C(=O)N(C)C)cs1)C(C)C)C(=O)NS(=O)(=O)C1CC1. The van der Waals surface area contributed by atoms with Gasteiger partial charge in [-0.25, -0.2) is 18.4 Å². The molecule has 4 heterocycles. The standard InChI is InChI=1S/C44H45F3N6O8S2/c1-6-25-19-43(25,42(57)51-63(58,59)28-15-16-28)20-33(54)32-17-27(21-53(32)40(55)30(23(2)3)18-35-48-31(22-62-35)41(56)52(4)5)60-39-37-36(29-9-7-8-10-34(29)61-37)49-38(50-39)24-11-13-26(14-12-24)44(45,46)47/h6-14,22-23,25,27-28,30,32H,1,15-21H2,2-5H3,(H,51,57)/t25-,27-,30+,32+,43-/m1/s1. The van der Waals surface area contributed by atoms with Gasteiger partial charge in [0.15, 0.2) is 11.6 Å². The van der Waals surface area contributed by atoms with Crippen molar-refractivity contribution in [2.45, 2.75) is 75.9 Å². The zero-order valence-electron chi connectivity index (χ0n) is 34.8. The van der Waals surface area contributed by atoms with Gasteiger partial charge in [0.2, 0.25) is 27.4 Å². The number of Topliss-reactive ketones (excluding diaryl/α,β-unsaturated/α-hetero) is 1. The Morgan fingerprint density at radius 1 is 1.08 bits per heavy atom. The number of allylic oxidation sites excluding steroid dienone is 1. The molecule has 14 nitrogen and oxygen atoms in total. The number of carbonyl (C=O) groups excluding carboxylic acids is 4. The molecule has 332 valence electrons. The number of nitrogens with one attached hydrogen (secondary N) is 1. The number of halogens is 3. The lowest BCUT2D eigenvalue weighted by Crippen LogP contribution is -2.47. The lowest BCUT2D eigenvalue weighted by atomic mass is 9.89. The zero-order valence-corrected chi connectivity index (χ0v) is 36.5. The van der Waals surface area contributed by atoms with Crippen LogP contribution in [0.4, 0.5) is 13.2 Å². The minimum Gasteiger partial charge on any atom is -0.470 e. The number of hydrogen-bond acceptors (Lipinski definition) is 12. The van der Waals surface area contributed by atoms with Gasteiger partial charge in [-0.3, -0.25) is 23.9 Å². The van der Waals surface area contributed by atoms with Crippen LogP contribution < -0.4 is 9.46 Å². The van der Waals surface area contributed by atoms with Crippen LogP contribution in [0.5, 0.6) is 5.88 Å². The average Bonchev–Trinajstić information content (AvgIpc) is 4.08. The topological polar surface area (TPSA) is 182 Å². The molecule has 0 unspecified atom stereocenters. The first-order chi connectivity index (χ1) is 29.8. The van der Waals surface area contributed by atoms with Crippen molar-refractivity contribution in [3.05, 3.63) is 82.8 Å². The van der Waals surface area contributed by atoms with Gasteiger partial charge in [-0.2, -0.15) is 18.2 Å². The summed E-state index contributed by atoms with van der Waals surface area (Å²) in [6, 6.07) is 10.3. The van der Waals surface area contributed by atoms with Gasteiger partial charge in [-0.15, -0.1) is 17.9 Å². The van der Waals surface area contributed by atoms with Crippen molar-refractivity contribution in [1.82, 2.24) is 29.5 Å². The molecule has 19 heteroatoms. The van der Waals surface area contributed by atoms with Crippen LogP contribution in [0.3, 0.4) is 0 Å². The molecule has 3 aromatic heterocycles. The van der Waals surface area contributed by atoms with Crippen molar-refractivity contribution >= 4 is 66.9 Å². The van der Waals surface area contributed by atoms with Crippen LogP contribution >= 0.6 is 11.3 Å². The number of amides is 3. The minimum atomic E-state index is -4.56. The molecule has 8 rings (SSSR count). The number of hydrogen-bond donors (Lipinski definition) is 1. The van der Waals surface area contributed by atoms with E-state index in [-0.39, 0.29) is 72.6 Å². The summed E-state index contributed by atoms with van der Waals surface area (Å²) in [5.41, 5.74) is -0.811. The number of thiazole rings is 1. The predicted octanol–water partition coefficient (Wildman–Crippen LogP) is 6.84. The number of rotatable bonds is 15. The Bertz CT molecular complexity index is 2750. The third-order valence-corrected chi connectivity index (χ3v) is 14.8. The number of carbonyl (C=O) groups is 4. The highest BCUT2D eigenvalue weighted by atomic mass is 32.2. The molecule has 0 spiro atoms. The Balaban J connectivity index is 1.14. The second-order valence-corrected chi connectivity index (χ2v) is 20.0. The molecule has 0 radical (unpaired) electrons. The molecule has 3 fully saturated rings. The fraction of sp³-hybridized carbons (Fsp3) is 0.432. The predicted molar refractivity (Wildman–Crippen MR) is 227 cm³/mol.